The molecule has 198 valence electrons. The van der Waals surface area contributed by atoms with Crippen molar-refractivity contribution in [1.29, 1.82) is 0 Å². The molecule has 7 heteroatoms. The van der Waals surface area contributed by atoms with Gasteiger partial charge in [0, 0.05) is 34.2 Å². The van der Waals surface area contributed by atoms with E-state index in [9.17, 15) is 4.79 Å². The summed E-state index contributed by atoms with van der Waals surface area (Å²) in [6.07, 6.45) is 1.27. The number of halogens is 1. The van der Waals surface area contributed by atoms with Gasteiger partial charge in [-0.25, -0.2) is 4.79 Å². The van der Waals surface area contributed by atoms with Crippen molar-refractivity contribution >= 4 is 28.6 Å². The Morgan fingerprint density at radius 3 is 2.55 bits per heavy atom. The molecule has 0 saturated carbocycles. The highest BCUT2D eigenvalue weighted by Gasteiger charge is 2.35. The van der Waals surface area contributed by atoms with Crippen molar-refractivity contribution in [2.75, 3.05) is 19.7 Å². The van der Waals surface area contributed by atoms with Crippen molar-refractivity contribution < 1.29 is 14.3 Å². The standard InChI is InChI=1S/C31H34ClN3O3/c1-20(2)33-16-4-18-37-24-12-7-22(8-13-24)30-29-26(27-19-23(32)9-14-28(27)34-29)15-17-35(30)31(36)38-25-10-5-21(3)6-11-25/h5-14,19-20,30,33-34H,4,15-18H2,1-3H3. The molecule has 38 heavy (non-hydrogen) atoms. The van der Waals surface area contributed by atoms with Gasteiger partial charge in [0.1, 0.15) is 17.5 Å². The van der Waals surface area contributed by atoms with E-state index >= 15 is 0 Å². The fourth-order valence-corrected chi connectivity index (χ4v) is 5.14. The molecule has 2 N–H and O–H groups in total. The molecule has 0 spiro atoms. The molecule has 6 nitrogen and oxygen atoms in total. The van der Waals surface area contributed by atoms with Gasteiger partial charge in [0.15, 0.2) is 0 Å². The Labute approximate surface area is 228 Å². The maximum atomic E-state index is 13.5. The summed E-state index contributed by atoms with van der Waals surface area (Å²) >= 11 is 6.33. The molecular formula is C31H34ClN3O3. The fourth-order valence-electron chi connectivity index (χ4n) is 4.97. The average Bonchev–Trinajstić information content (AvgIpc) is 3.27. The molecule has 1 unspecified atom stereocenters. The number of amides is 1. The molecule has 0 saturated heterocycles. The van der Waals surface area contributed by atoms with Crippen LogP contribution in [0.15, 0.2) is 66.7 Å². The molecule has 4 aromatic rings. The number of nitrogens with zero attached hydrogens (tertiary/aromatic N) is 1. The van der Waals surface area contributed by atoms with E-state index in [4.69, 9.17) is 21.1 Å². The lowest BCUT2D eigenvalue weighted by Gasteiger charge is -2.35. The summed E-state index contributed by atoms with van der Waals surface area (Å²) in [5.74, 6) is 1.34. The van der Waals surface area contributed by atoms with E-state index in [1.165, 1.54) is 5.56 Å². The van der Waals surface area contributed by atoms with Crippen LogP contribution in [0, 0.1) is 6.92 Å². The third kappa shape index (κ3) is 5.82. The molecule has 1 aliphatic rings. The SMILES string of the molecule is Cc1ccc(OC(=O)N2CCc3c([nH]c4ccc(Cl)cc34)C2c2ccc(OCCCNC(C)C)cc2)cc1. The van der Waals surface area contributed by atoms with Crippen LogP contribution in [0.1, 0.15) is 48.7 Å². The Hall–Kier alpha value is -3.48. The Kier molecular flexibility index (Phi) is 7.91. The van der Waals surface area contributed by atoms with Gasteiger partial charge in [0.05, 0.1) is 6.61 Å². The lowest BCUT2D eigenvalue weighted by atomic mass is 9.92. The number of hydrogen-bond donors (Lipinski definition) is 2. The van der Waals surface area contributed by atoms with Gasteiger partial charge in [-0.3, -0.25) is 4.90 Å². The zero-order valence-electron chi connectivity index (χ0n) is 22.1. The Balaban J connectivity index is 1.41. The Morgan fingerprint density at radius 2 is 1.82 bits per heavy atom. The molecule has 0 radical (unpaired) electrons. The topological polar surface area (TPSA) is 66.6 Å². The number of aryl methyl sites for hydroxylation is 1. The second-order valence-corrected chi connectivity index (χ2v) is 10.6. The number of carbonyl (C=O) groups is 1. The van der Waals surface area contributed by atoms with E-state index < -0.39 is 0 Å². The molecule has 0 fully saturated rings. The predicted octanol–water partition coefficient (Wildman–Crippen LogP) is 7.04. The maximum Gasteiger partial charge on any atom is 0.416 e. The minimum absolute atomic E-state index is 0.327. The van der Waals surface area contributed by atoms with Crippen molar-refractivity contribution in [3.8, 4) is 11.5 Å². The summed E-state index contributed by atoms with van der Waals surface area (Å²) in [5, 5.41) is 5.19. The van der Waals surface area contributed by atoms with Crippen LogP contribution >= 0.6 is 11.6 Å². The summed E-state index contributed by atoms with van der Waals surface area (Å²) in [7, 11) is 0. The first-order chi connectivity index (χ1) is 18.4. The van der Waals surface area contributed by atoms with E-state index in [0.29, 0.717) is 36.4 Å². The molecule has 0 bridgehead atoms. The molecule has 1 atom stereocenters. The lowest BCUT2D eigenvalue weighted by Crippen LogP contribution is -2.42. The lowest BCUT2D eigenvalue weighted by molar-refractivity contribution is 0.135. The van der Waals surface area contributed by atoms with Crippen molar-refractivity contribution in [2.24, 2.45) is 0 Å². The van der Waals surface area contributed by atoms with Gasteiger partial charge in [-0.2, -0.15) is 0 Å². The van der Waals surface area contributed by atoms with Gasteiger partial charge < -0.3 is 19.8 Å². The van der Waals surface area contributed by atoms with E-state index in [1.54, 1.807) is 4.90 Å². The number of ether oxygens (including phenoxy) is 2. The zero-order valence-corrected chi connectivity index (χ0v) is 22.8. The van der Waals surface area contributed by atoms with Crippen LogP contribution in [-0.4, -0.2) is 41.7 Å². The number of nitrogens with one attached hydrogen (secondary N) is 2. The second kappa shape index (κ2) is 11.5. The number of aromatic nitrogens is 1. The molecule has 3 aromatic carbocycles. The highest BCUT2D eigenvalue weighted by molar-refractivity contribution is 6.31. The van der Waals surface area contributed by atoms with E-state index in [1.807, 2.05) is 73.7 Å². The number of hydrogen-bond acceptors (Lipinski definition) is 4. The van der Waals surface area contributed by atoms with Gasteiger partial charge in [-0.15, -0.1) is 0 Å². The highest BCUT2D eigenvalue weighted by atomic mass is 35.5. The molecule has 0 aliphatic carbocycles. The maximum absolute atomic E-state index is 13.5. The predicted molar refractivity (Wildman–Crippen MR) is 152 cm³/mol. The van der Waals surface area contributed by atoms with Crippen molar-refractivity contribution in [3.63, 3.8) is 0 Å². The first-order valence-electron chi connectivity index (χ1n) is 13.2. The monoisotopic (exact) mass is 531 g/mol. The third-order valence-corrected chi connectivity index (χ3v) is 7.12. The number of aromatic amines is 1. The molecule has 1 aliphatic heterocycles. The highest BCUT2D eigenvalue weighted by Crippen LogP contribution is 2.40. The average molecular weight is 532 g/mol. The zero-order chi connectivity index (χ0) is 26.6. The number of fused-ring (bicyclic) bond motifs is 3. The van der Waals surface area contributed by atoms with Crippen LogP contribution in [0.2, 0.25) is 5.02 Å². The summed E-state index contributed by atoms with van der Waals surface area (Å²) in [6.45, 7) is 8.37. The molecule has 5 rings (SSSR count). The third-order valence-electron chi connectivity index (χ3n) is 6.89. The largest absolute Gasteiger partial charge is 0.494 e. The summed E-state index contributed by atoms with van der Waals surface area (Å²) in [5.41, 5.74) is 5.28. The molecule has 2 heterocycles. The molecule has 1 aromatic heterocycles. The van der Waals surface area contributed by atoms with Crippen molar-refractivity contribution in [2.45, 2.75) is 45.7 Å². The van der Waals surface area contributed by atoms with Gasteiger partial charge in [0.2, 0.25) is 0 Å². The van der Waals surface area contributed by atoms with Gasteiger partial charge in [-0.1, -0.05) is 55.3 Å². The van der Waals surface area contributed by atoms with Crippen molar-refractivity contribution in [3.05, 3.63) is 94.1 Å². The molecular weight excluding hydrogens is 498 g/mol. The number of H-pyrrole nitrogens is 1. The first-order valence-corrected chi connectivity index (χ1v) is 13.6. The number of carbonyl (C=O) groups excluding carboxylic acids is 1. The smallest absolute Gasteiger partial charge is 0.416 e. The minimum Gasteiger partial charge on any atom is -0.494 e. The van der Waals surface area contributed by atoms with E-state index in [0.717, 1.165) is 46.4 Å². The Morgan fingerprint density at radius 1 is 1.08 bits per heavy atom. The van der Waals surface area contributed by atoms with Crippen LogP contribution < -0.4 is 14.8 Å². The van der Waals surface area contributed by atoms with E-state index in [-0.39, 0.29) is 12.1 Å². The molecule has 1 amide bonds. The van der Waals surface area contributed by atoms with Crippen LogP contribution in [0.25, 0.3) is 10.9 Å². The van der Waals surface area contributed by atoms with Crippen LogP contribution in [0.3, 0.4) is 0 Å². The van der Waals surface area contributed by atoms with Crippen LogP contribution in [0.4, 0.5) is 4.79 Å². The van der Waals surface area contributed by atoms with Crippen molar-refractivity contribution in [1.82, 2.24) is 15.2 Å². The minimum atomic E-state index is -0.376. The van der Waals surface area contributed by atoms with Crippen LogP contribution in [-0.2, 0) is 6.42 Å². The Bertz CT molecular complexity index is 1400. The van der Waals surface area contributed by atoms with Crippen LogP contribution in [0.5, 0.6) is 11.5 Å². The summed E-state index contributed by atoms with van der Waals surface area (Å²) in [4.78, 5) is 18.8. The number of rotatable bonds is 8. The second-order valence-electron chi connectivity index (χ2n) is 10.1. The van der Waals surface area contributed by atoms with Gasteiger partial charge in [0.25, 0.3) is 0 Å². The number of benzene rings is 3. The van der Waals surface area contributed by atoms with Gasteiger partial charge >= 0.3 is 6.09 Å². The normalized spacial score (nSPS) is 15.1. The van der Waals surface area contributed by atoms with E-state index in [2.05, 4.69) is 24.1 Å². The summed E-state index contributed by atoms with van der Waals surface area (Å²) < 4.78 is 11.8. The quantitative estimate of drug-likeness (QED) is 0.239. The fraction of sp³-hybridized carbons (Fsp3) is 0.323. The first kappa shape index (κ1) is 26.1. The van der Waals surface area contributed by atoms with Gasteiger partial charge in [-0.05, 0) is 79.9 Å². The summed E-state index contributed by atoms with van der Waals surface area (Å²) in [6, 6.07) is 21.6.